The van der Waals surface area contributed by atoms with E-state index < -0.39 is 0 Å². The molecule has 0 aliphatic heterocycles. The fourth-order valence-corrected chi connectivity index (χ4v) is 4.19. The van der Waals surface area contributed by atoms with Gasteiger partial charge in [-0.25, -0.2) is 9.97 Å². The summed E-state index contributed by atoms with van der Waals surface area (Å²) in [6.45, 7) is 8.22. The minimum Gasteiger partial charge on any atom is -0.384 e. The summed E-state index contributed by atoms with van der Waals surface area (Å²) in [5.41, 5.74) is 10.9. The van der Waals surface area contributed by atoms with E-state index in [1.807, 2.05) is 24.6 Å². The number of nitrogens with one attached hydrogen (secondary N) is 1. The Bertz CT molecular complexity index is 942. The molecule has 0 saturated heterocycles. The van der Waals surface area contributed by atoms with Crippen LogP contribution < -0.4 is 11.1 Å². The molecule has 0 bridgehead atoms. The van der Waals surface area contributed by atoms with Crippen molar-refractivity contribution in [1.29, 1.82) is 0 Å². The molecule has 3 heterocycles. The van der Waals surface area contributed by atoms with E-state index in [9.17, 15) is 4.79 Å². The molecule has 1 amide bonds. The second kappa shape index (κ2) is 7.87. The van der Waals surface area contributed by atoms with Crippen LogP contribution in [0.15, 0.2) is 18.3 Å². The highest BCUT2D eigenvalue weighted by atomic mass is 32.1. The maximum Gasteiger partial charge on any atom is 0.213 e. The molecule has 4 rings (SSSR count). The number of nitrogen functional groups attached to an aromatic ring is 1. The normalized spacial score (nSPS) is 12.0. The lowest BCUT2D eigenvalue weighted by Crippen LogP contribution is -2.08. The third-order valence-corrected chi connectivity index (χ3v) is 5.30. The number of nitrogens with two attached hydrogens (primary N) is 1. The molecule has 3 N–H and O–H groups in total. The van der Waals surface area contributed by atoms with Crippen LogP contribution in [0.5, 0.6) is 0 Å². The van der Waals surface area contributed by atoms with Crippen molar-refractivity contribution in [3.05, 3.63) is 29.6 Å². The van der Waals surface area contributed by atoms with Gasteiger partial charge in [-0.2, -0.15) is 5.10 Å². The fourth-order valence-electron chi connectivity index (χ4n) is 3.16. The minimum atomic E-state index is 0.208. The molecule has 0 fully saturated rings. The van der Waals surface area contributed by atoms with Crippen LogP contribution in [0.1, 0.15) is 45.0 Å². The summed E-state index contributed by atoms with van der Waals surface area (Å²) >= 11 is 1.50. The predicted octanol–water partition coefficient (Wildman–Crippen LogP) is 3.92. The predicted molar refractivity (Wildman–Crippen MR) is 110 cm³/mol. The van der Waals surface area contributed by atoms with E-state index in [4.69, 9.17) is 10.8 Å². The number of fused-ring (bicyclic) bond motifs is 3. The maximum absolute atomic E-state index is 10.7. The van der Waals surface area contributed by atoms with E-state index >= 15 is 0 Å². The molecule has 0 aromatic carbocycles. The summed E-state index contributed by atoms with van der Waals surface area (Å²) in [5, 5.41) is 8.16. The first-order chi connectivity index (χ1) is 13.1. The van der Waals surface area contributed by atoms with Gasteiger partial charge in [-0.3, -0.25) is 9.48 Å². The highest BCUT2D eigenvalue weighted by Gasteiger charge is 2.29. The first-order valence-electron chi connectivity index (χ1n) is 9.12. The molecule has 1 aliphatic carbocycles. The van der Waals surface area contributed by atoms with E-state index in [0.29, 0.717) is 17.4 Å². The van der Waals surface area contributed by atoms with E-state index in [0.717, 1.165) is 40.4 Å². The average molecular weight is 385 g/mol. The van der Waals surface area contributed by atoms with Crippen molar-refractivity contribution in [3.8, 4) is 21.8 Å². The van der Waals surface area contributed by atoms with Crippen LogP contribution in [0.3, 0.4) is 0 Å². The summed E-state index contributed by atoms with van der Waals surface area (Å²) in [4.78, 5) is 20.6. The van der Waals surface area contributed by atoms with Crippen molar-refractivity contribution >= 4 is 28.7 Å². The van der Waals surface area contributed by atoms with E-state index in [1.54, 1.807) is 12.3 Å². The second-order valence-electron chi connectivity index (χ2n) is 6.24. The van der Waals surface area contributed by atoms with Gasteiger partial charge in [0.1, 0.15) is 5.82 Å². The molecule has 27 heavy (non-hydrogen) atoms. The van der Waals surface area contributed by atoms with Crippen LogP contribution in [-0.2, 0) is 17.6 Å². The number of hydrogen-bond acceptors (Lipinski definition) is 6. The number of aromatic nitrogens is 4. The molecule has 142 valence electrons. The Hall–Kier alpha value is -2.74. The van der Waals surface area contributed by atoms with Crippen molar-refractivity contribution in [2.45, 2.75) is 46.6 Å². The zero-order valence-electron chi connectivity index (χ0n) is 16.0. The quantitative estimate of drug-likeness (QED) is 0.664. The van der Waals surface area contributed by atoms with Gasteiger partial charge >= 0.3 is 0 Å². The number of carbonyl (C=O) groups excluding carboxylic acids is 1. The number of thiazole rings is 1. The molecule has 3 aromatic heterocycles. The van der Waals surface area contributed by atoms with Crippen LogP contribution in [0.2, 0.25) is 0 Å². The van der Waals surface area contributed by atoms with Gasteiger partial charge in [-0.1, -0.05) is 25.2 Å². The van der Waals surface area contributed by atoms with Gasteiger partial charge in [0.05, 0.1) is 22.0 Å². The SMILES string of the molecule is CC.CC(C)n1nc(-c2ccc(N)nc2)c2c1-c1sc(NC=O)nc1CC2. The summed E-state index contributed by atoms with van der Waals surface area (Å²) in [6, 6.07) is 3.96. The Labute approximate surface area is 162 Å². The molecule has 0 saturated carbocycles. The molecular weight excluding hydrogens is 360 g/mol. The minimum absolute atomic E-state index is 0.208. The highest BCUT2D eigenvalue weighted by molar-refractivity contribution is 7.19. The molecule has 0 spiro atoms. The lowest BCUT2D eigenvalue weighted by molar-refractivity contribution is -0.105. The van der Waals surface area contributed by atoms with Gasteiger partial charge in [0.2, 0.25) is 6.41 Å². The maximum atomic E-state index is 10.7. The number of anilines is 2. The van der Waals surface area contributed by atoms with Crippen LogP contribution in [0, 0.1) is 0 Å². The molecular formula is C19H24N6OS. The molecule has 0 radical (unpaired) electrons. The van der Waals surface area contributed by atoms with Crippen molar-refractivity contribution in [3.63, 3.8) is 0 Å². The van der Waals surface area contributed by atoms with Crippen molar-refractivity contribution in [1.82, 2.24) is 19.7 Å². The smallest absolute Gasteiger partial charge is 0.213 e. The van der Waals surface area contributed by atoms with Crippen molar-refractivity contribution in [2.24, 2.45) is 0 Å². The first kappa shape index (κ1) is 19.0. The van der Waals surface area contributed by atoms with E-state index in [-0.39, 0.29) is 6.04 Å². The standard InChI is InChI=1S/C17H18N6OS.C2H6/c1-9(2)23-15-11(14(22-23)10-3-6-13(18)19-7-10)4-5-12-16(15)25-17(21-12)20-8-24;1-2/h3,6-9H,4-5H2,1-2H3,(H2,18,19)(H,20,21,24);1-2H3. The number of amides is 1. The van der Waals surface area contributed by atoms with Gasteiger partial charge in [0, 0.05) is 23.4 Å². The number of aryl methyl sites for hydroxylation is 1. The van der Waals surface area contributed by atoms with Gasteiger partial charge in [0.25, 0.3) is 0 Å². The number of rotatable bonds is 4. The largest absolute Gasteiger partial charge is 0.384 e. The van der Waals surface area contributed by atoms with Crippen LogP contribution in [0.4, 0.5) is 10.9 Å². The molecule has 8 heteroatoms. The Morgan fingerprint density at radius 1 is 1.30 bits per heavy atom. The van der Waals surface area contributed by atoms with Crippen molar-refractivity contribution in [2.75, 3.05) is 11.1 Å². The molecule has 3 aromatic rings. The molecule has 0 atom stereocenters. The summed E-state index contributed by atoms with van der Waals surface area (Å²) < 4.78 is 2.04. The third kappa shape index (κ3) is 3.44. The van der Waals surface area contributed by atoms with E-state index in [1.165, 1.54) is 16.9 Å². The highest BCUT2D eigenvalue weighted by Crippen LogP contribution is 2.43. The number of nitrogens with zero attached hydrogens (tertiary/aromatic N) is 4. The Morgan fingerprint density at radius 3 is 2.70 bits per heavy atom. The van der Waals surface area contributed by atoms with Gasteiger partial charge in [-0.15, -0.1) is 0 Å². The second-order valence-corrected chi connectivity index (χ2v) is 7.24. The average Bonchev–Trinajstić information content (AvgIpc) is 3.25. The summed E-state index contributed by atoms with van der Waals surface area (Å²) in [6.07, 6.45) is 4.12. The number of hydrogen-bond donors (Lipinski definition) is 2. The topological polar surface area (TPSA) is 98.7 Å². The third-order valence-electron chi connectivity index (χ3n) is 4.26. The lowest BCUT2D eigenvalue weighted by Gasteiger charge is -2.15. The number of pyridine rings is 1. The molecule has 7 nitrogen and oxygen atoms in total. The van der Waals surface area contributed by atoms with Gasteiger partial charge < -0.3 is 11.1 Å². The zero-order chi connectivity index (χ0) is 19.6. The van der Waals surface area contributed by atoms with Crippen molar-refractivity contribution < 1.29 is 4.79 Å². The lowest BCUT2D eigenvalue weighted by atomic mass is 9.95. The monoisotopic (exact) mass is 384 g/mol. The first-order valence-corrected chi connectivity index (χ1v) is 9.93. The zero-order valence-corrected chi connectivity index (χ0v) is 16.8. The van der Waals surface area contributed by atoms with Crippen LogP contribution >= 0.6 is 11.3 Å². The Morgan fingerprint density at radius 2 is 2.07 bits per heavy atom. The molecule has 1 aliphatic rings. The number of carbonyl (C=O) groups is 1. The Kier molecular flexibility index (Phi) is 5.55. The van der Waals surface area contributed by atoms with Gasteiger partial charge in [0.15, 0.2) is 5.13 Å². The van der Waals surface area contributed by atoms with Crippen LogP contribution in [-0.4, -0.2) is 26.2 Å². The van der Waals surface area contributed by atoms with E-state index in [2.05, 4.69) is 29.1 Å². The Balaban J connectivity index is 0.00000102. The summed E-state index contributed by atoms with van der Waals surface area (Å²) in [5.74, 6) is 0.496. The fraction of sp³-hybridized carbons (Fsp3) is 0.368. The van der Waals surface area contributed by atoms with Crippen LogP contribution in [0.25, 0.3) is 21.8 Å². The summed E-state index contributed by atoms with van der Waals surface area (Å²) in [7, 11) is 0. The van der Waals surface area contributed by atoms with Gasteiger partial charge in [-0.05, 0) is 38.8 Å². The molecule has 0 unspecified atom stereocenters.